The molecule has 24 heavy (non-hydrogen) atoms. The number of aromatic nitrogens is 2. The van der Waals surface area contributed by atoms with Gasteiger partial charge in [0, 0.05) is 42.1 Å². The topological polar surface area (TPSA) is 104 Å². The highest BCUT2D eigenvalue weighted by atomic mass is 16.4. The van der Waals surface area contributed by atoms with E-state index in [1.165, 1.54) is 0 Å². The third-order valence-electron chi connectivity index (χ3n) is 4.20. The largest absolute Gasteiger partial charge is 0.480 e. The number of aliphatic carboxylic acids is 1. The number of nitrogens with zero attached hydrogens (tertiary/aromatic N) is 1. The Morgan fingerprint density at radius 3 is 2.71 bits per heavy atom. The molecular formula is C18H20N4O2. The van der Waals surface area contributed by atoms with Gasteiger partial charge in [-0.25, -0.2) is 0 Å². The maximum atomic E-state index is 11.4. The molecule has 0 saturated carbocycles. The van der Waals surface area contributed by atoms with Crippen molar-refractivity contribution in [2.45, 2.75) is 19.4 Å². The van der Waals surface area contributed by atoms with Gasteiger partial charge in [-0.3, -0.25) is 15.1 Å². The molecule has 0 bridgehead atoms. The molecule has 0 radical (unpaired) electrons. The summed E-state index contributed by atoms with van der Waals surface area (Å²) >= 11 is 0. The normalized spacial score (nSPS) is 12.4. The average molecular weight is 324 g/mol. The van der Waals surface area contributed by atoms with E-state index in [1.54, 1.807) is 12.4 Å². The van der Waals surface area contributed by atoms with Gasteiger partial charge in [-0.15, -0.1) is 0 Å². The van der Waals surface area contributed by atoms with Crippen molar-refractivity contribution in [1.82, 2.24) is 15.3 Å². The molecule has 1 aromatic carbocycles. The number of carbonyl (C=O) groups is 1. The number of aryl methyl sites for hydroxylation is 1. The van der Waals surface area contributed by atoms with E-state index in [4.69, 9.17) is 5.73 Å². The van der Waals surface area contributed by atoms with Crippen LogP contribution in [0.15, 0.2) is 42.7 Å². The summed E-state index contributed by atoms with van der Waals surface area (Å²) in [6, 6.07) is 9.37. The number of pyridine rings is 1. The van der Waals surface area contributed by atoms with Crippen LogP contribution in [-0.4, -0.2) is 33.8 Å². The third kappa shape index (κ3) is 3.15. The highest BCUT2D eigenvalue weighted by Gasteiger charge is 2.20. The summed E-state index contributed by atoms with van der Waals surface area (Å²) in [7, 11) is 0. The summed E-state index contributed by atoms with van der Waals surface area (Å²) in [5.74, 6) is -0.900. The van der Waals surface area contributed by atoms with Crippen molar-refractivity contribution in [2.24, 2.45) is 5.73 Å². The molecule has 2 heterocycles. The van der Waals surface area contributed by atoms with Crippen LogP contribution in [0, 0.1) is 6.92 Å². The van der Waals surface area contributed by atoms with E-state index < -0.39 is 12.0 Å². The lowest BCUT2D eigenvalue weighted by atomic mass is 10.00. The van der Waals surface area contributed by atoms with E-state index in [9.17, 15) is 9.90 Å². The maximum Gasteiger partial charge on any atom is 0.321 e. The van der Waals surface area contributed by atoms with E-state index in [0.29, 0.717) is 6.42 Å². The second kappa shape index (κ2) is 6.82. The number of rotatable bonds is 6. The fraction of sp³-hybridized carbons (Fsp3) is 0.222. The number of fused-ring (bicyclic) bond motifs is 1. The number of hydrogen-bond acceptors (Lipinski definition) is 4. The fourth-order valence-electron chi connectivity index (χ4n) is 2.97. The molecule has 0 aliphatic carbocycles. The number of carboxylic acid groups (broad SMARTS) is 1. The van der Waals surface area contributed by atoms with Crippen molar-refractivity contribution < 1.29 is 9.90 Å². The lowest BCUT2D eigenvalue weighted by Crippen LogP contribution is -2.41. The van der Waals surface area contributed by atoms with Crippen LogP contribution in [0.5, 0.6) is 0 Å². The molecule has 2 aromatic heterocycles. The van der Waals surface area contributed by atoms with Crippen LogP contribution in [0.1, 0.15) is 11.3 Å². The Kier molecular flexibility index (Phi) is 4.59. The second-order valence-electron chi connectivity index (χ2n) is 5.73. The first-order valence-electron chi connectivity index (χ1n) is 7.78. The lowest BCUT2D eigenvalue weighted by Gasteiger charge is -2.13. The molecule has 0 fully saturated rings. The zero-order valence-electron chi connectivity index (χ0n) is 13.4. The van der Waals surface area contributed by atoms with Gasteiger partial charge in [-0.05, 0) is 41.8 Å². The van der Waals surface area contributed by atoms with Crippen molar-refractivity contribution in [1.29, 1.82) is 0 Å². The van der Waals surface area contributed by atoms with Crippen molar-refractivity contribution >= 4 is 16.9 Å². The minimum atomic E-state index is -0.900. The van der Waals surface area contributed by atoms with Crippen molar-refractivity contribution in [2.75, 3.05) is 6.67 Å². The number of nitrogens with two attached hydrogens (primary N) is 1. The molecule has 1 unspecified atom stereocenters. The zero-order valence-corrected chi connectivity index (χ0v) is 13.4. The molecule has 3 rings (SSSR count). The van der Waals surface area contributed by atoms with Crippen LogP contribution in [0.25, 0.3) is 22.0 Å². The molecule has 6 nitrogen and oxygen atoms in total. The van der Waals surface area contributed by atoms with Gasteiger partial charge in [-0.2, -0.15) is 0 Å². The first kappa shape index (κ1) is 16.2. The van der Waals surface area contributed by atoms with Gasteiger partial charge < -0.3 is 15.8 Å². The van der Waals surface area contributed by atoms with Gasteiger partial charge in [0.05, 0.1) is 0 Å². The number of hydrogen-bond donors (Lipinski definition) is 4. The first-order valence-corrected chi connectivity index (χ1v) is 7.78. The maximum absolute atomic E-state index is 11.4. The standard InChI is InChI=1S/C18H20N4O2/c1-11-15(9-17(18(23)24)21-10-19)14-3-2-13(8-16(14)22-11)12-4-6-20-7-5-12/h2-8,17,21-22H,9-10,19H2,1H3,(H,23,24). The third-order valence-corrected chi connectivity index (χ3v) is 4.20. The minimum absolute atomic E-state index is 0.130. The molecule has 5 N–H and O–H groups in total. The van der Waals surface area contributed by atoms with E-state index in [2.05, 4.69) is 21.4 Å². The molecule has 0 spiro atoms. The molecule has 3 aromatic rings. The Labute approximate surface area is 139 Å². The Morgan fingerprint density at radius 1 is 1.29 bits per heavy atom. The number of carboxylic acids is 1. The van der Waals surface area contributed by atoms with Gasteiger partial charge in [0.15, 0.2) is 0 Å². The summed E-state index contributed by atoms with van der Waals surface area (Å²) in [5, 5.41) is 13.2. The molecule has 1 atom stereocenters. The Hall–Kier alpha value is -2.70. The molecule has 0 saturated heterocycles. The number of H-pyrrole nitrogens is 1. The highest BCUT2D eigenvalue weighted by molar-refractivity contribution is 5.89. The average Bonchev–Trinajstić information content (AvgIpc) is 2.90. The van der Waals surface area contributed by atoms with Crippen LogP contribution < -0.4 is 11.1 Å². The number of benzene rings is 1. The monoisotopic (exact) mass is 324 g/mol. The molecule has 0 amide bonds. The minimum Gasteiger partial charge on any atom is -0.480 e. The van der Waals surface area contributed by atoms with Gasteiger partial charge in [0.1, 0.15) is 6.04 Å². The van der Waals surface area contributed by atoms with Crippen LogP contribution in [0.4, 0.5) is 0 Å². The quantitative estimate of drug-likeness (QED) is 0.520. The lowest BCUT2D eigenvalue weighted by molar-refractivity contribution is -0.139. The van der Waals surface area contributed by atoms with E-state index >= 15 is 0 Å². The number of nitrogens with one attached hydrogen (secondary N) is 2. The van der Waals surface area contributed by atoms with Gasteiger partial charge in [0.2, 0.25) is 0 Å². The Morgan fingerprint density at radius 2 is 2.04 bits per heavy atom. The predicted octanol–water partition coefficient (Wildman–Crippen LogP) is 2.04. The van der Waals surface area contributed by atoms with Gasteiger partial charge in [-0.1, -0.05) is 12.1 Å². The van der Waals surface area contributed by atoms with E-state index in [-0.39, 0.29) is 6.67 Å². The highest BCUT2D eigenvalue weighted by Crippen LogP contribution is 2.28. The first-order chi connectivity index (χ1) is 11.6. The van der Waals surface area contributed by atoms with Crippen LogP contribution >= 0.6 is 0 Å². The van der Waals surface area contributed by atoms with E-state index in [0.717, 1.165) is 33.3 Å². The zero-order chi connectivity index (χ0) is 17.1. The summed E-state index contributed by atoms with van der Waals surface area (Å²) < 4.78 is 0. The SMILES string of the molecule is Cc1[nH]c2cc(-c3ccncc3)ccc2c1CC(NCN)C(=O)O. The molecule has 6 heteroatoms. The van der Waals surface area contributed by atoms with Gasteiger partial charge >= 0.3 is 5.97 Å². The van der Waals surface area contributed by atoms with Crippen LogP contribution in [0.3, 0.4) is 0 Å². The molecular weight excluding hydrogens is 304 g/mol. The summed E-state index contributed by atoms with van der Waals surface area (Å²) in [6.07, 6.45) is 3.91. The van der Waals surface area contributed by atoms with Gasteiger partial charge in [0.25, 0.3) is 0 Å². The summed E-state index contributed by atoms with van der Waals surface area (Å²) in [5.41, 5.74) is 10.6. The van der Waals surface area contributed by atoms with Crippen molar-refractivity contribution in [3.63, 3.8) is 0 Å². The molecule has 124 valence electrons. The smallest absolute Gasteiger partial charge is 0.321 e. The van der Waals surface area contributed by atoms with E-state index in [1.807, 2.05) is 31.2 Å². The Bertz CT molecular complexity index is 858. The van der Waals surface area contributed by atoms with Crippen LogP contribution in [0.2, 0.25) is 0 Å². The van der Waals surface area contributed by atoms with Crippen LogP contribution in [-0.2, 0) is 11.2 Å². The predicted molar refractivity (Wildman–Crippen MR) is 93.6 cm³/mol. The van der Waals surface area contributed by atoms with Crippen molar-refractivity contribution in [3.8, 4) is 11.1 Å². The molecule has 0 aliphatic rings. The second-order valence-corrected chi connectivity index (χ2v) is 5.73. The fourth-order valence-corrected chi connectivity index (χ4v) is 2.97. The number of aromatic amines is 1. The summed E-state index contributed by atoms with van der Waals surface area (Å²) in [4.78, 5) is 18.8. The van der Waals surface area contributed by atoms with Crippen molar-refractivity contribution in [3.05, 3.63) is 54.0 Å². The Balaban J connectivity index is 1.98. The molecule has 0 aliphatic heterocycles. The summed E-state index contributed by atoms with van der Waals surface area (Å²) in [6.45, 7) is 2.09.